The van der Waals surface area contributed by atoms with Crippen LogP contribution in [0.5, 0.6) is 5.75 Å². The van der Waals surface area contributed by atoms with Crippen molar-refractivity contribution in [1.82, 2.24) is 0 Å². The molecule has 0 aliphatic rings. The third-order valence-corrected chi connectivity index (χ3v) is 4.46. The van der Waals surface area contributed by atoms with Gasteiger partial charge in [-0.2, -0.15) is 0 Å². The second kappa shape index (κ2) is 8.10. The van der Waals surface area contributed by atoms with Crippen molar-refractivity contribution in [3.05, 3.63) is 65.2 Å². The van der Waals surface area contributed by atoms with Gasteiger partial charge in [0.25, 0.3) is 5.91 Å². The number of halogens is 1. The van der Waals surface area contributed by atoms with Crippen molar-refractivity contribution in [3.8, 4) is 5.75 Å². The minimum atomic E-state index is -0.349. The molecule has 3 aromatic carbocycles. The van der Waals surface area contributed by atoms with Gasteiger partial charge in [0, 0.05) is 12.1 Å². The van der Waals surface area contributed by atoms with Gasteiger partial charge in [-0.25, -0.2) is 0 Å². The molecule has 0 atom stereocenters. The van der Waals surface area contributed by atoms with E-state index in [1.807, 2.05) is 30.3 Å². The van der Waals surface area contributed by atoms with Gasteiger partial charge in [-0.05, 0) is 41.1 Å². The van der Waals surface area contributed by atoms with E-state index in [0.29, 0.717) is 34.1 Å². The third-order valence-electron chi connectivity index (χ3n) is 4.13. The van der Waals surface area contributed by atoms with Gasteiger partial charge in [0.2, 0.25) is 5.91 Å². The Balaban J connectivity index is 1.92. The van der Waals surface area contributed by atoms with Crippen molar-refractivity contribution in [2.75, 3.05) is 17.7 Å². The number of methoxy groups -OCH3 is 1. The molecule has 3 aromatic rings. The number of carbonyl (C=O) groups is 2. The predicted octanol–water partition coefficient (Wildman–Crippen LogP) is 5.10. The normalized spacial score (nSPS) is 10.5. The number of fused-ring (bicyclic) bond motifs is 1. The van der Waals surface area contributed by atoms with Crippen LogP contribution in [0.25, 0.3) is 10.8 Å². The first-order valence-electron chi connectivity index (χ1n) is 8.49. The van der Waals surface area contributed by atoms with E-state index in [9.17, 15) is 9.59 Å². The lowest BCUT2D eigenvalue weighted by Crippen LogP contribution is -2.14. The van der Waals surface area contributed by atoms with Crippen LogP contribution in [0.4, 0.5) is 11.4 Å². The van der Waals surface area contributed by atoms with E-state index >= 15 is 0 Å². The lowest BCUT2D eigenvalue weighted by atomic mass is 10.1. The molecule has 0 saturated carbocycles. The second-order valence-corrected chi connectivity index (χ2v) is 6.36. The zero-order valence-electron chi connectivity index (χ0n) is 15.0. The van der Waals surface area contributed by atoms with Crippen molar-refractivity contribution in [2.45, 2.75) is 13.3 Å². The summed E-state index contributed by atoms with van der Waals surface area (Å²) in [5.41, 5.74) is 1.37. The van der Waals surface area contributed by atoms with Gasteiger partial charge in [-0.1, -0.05) is 42.8 Å². The highest BCUT2D eigenvalue weighted by molar-refractivity contribution is 6.34. The standard InChI is InChI=1S/C21H19ClN2O3/c1-3-20(25)23-15-8-9-17(22)18(12-15)24-21(26)16-10-13-6-4-5-7-14(13)11-19(16)27-2/h4-12H,3H2,1-2H3,(H,23,25)(H,24,26). The zero-order valence-corrected chi connectivity index (χ0v) is 15.8. The van der Waals surface area contributed by atoms with Crippen LogP contribution in [-0.2, 0) is 4.79 Å². The highest BCUT2D eigenvalue weighted by atomic mass is 35.5. The summed E-state index contributed by atoms with van der Waals surface area (Å²) in [4.78, 5) is 24.4. The summed E-state index contributed by atoms with van der Waals surface area (Å²) in [6, 6.07) is 16.3. The van der Waals surface area contributed by atoms with E-state index in [4.69, 9.17) is 16.3 Å². The number of hydrogen-bond acceptors (Lipinski definition) is 3. The van der Waals surface area contributed by atoms with Gasteiger partial charge in [0.05, 0.1) is 23.4 Å². The largest absolute Gasteiger partial charge is 0.496 e. The minimum Gasteiger partial charge on any atom is -0.496 e. The second-order valence-electron chi connectivity index (χ2n) is 5.95. The molecule has 0 unspecified atom stereocenters. The van der Waals surface area contributed by atoms with Gasteiger partial charge >= 0.3 is 0 Å². The smallest absolute Gasteiger partial charge is 0.259 e. The van der Waals surface area contributed by atoms with Gasteiger partial charge in [-0.15, -0.1) is 0 Å². The number of rotatable bonds is 5. The zero-order chi connectivity index (χ0) is 19.4. The van der Waals surface area contributed by atoms with E-state index in [0.717, 1.165) is 10.8 Å². The van der Waals surface area contributed by atoms with E-state index in [1.165, 1.54) is 7.11 Å². The van der Waals surface area contributed by atoms with E-state index < -0.39 is 0 Å². The first kappa shape index (κ1) is 18.7. The van der Waals surface area contributed by atoms with Crippen LogP contribution >= 0.6 is 11.6 Å². The Hall–Kier alpha value is -3.05. The summed E-state index contributed by atoms with van der Waals surface area (Å²) in [6.45, 7) is 1.76. The summed E-state index contributed by atoms with van der Waals surface area (Å²) in [5, 5.41) is 7.82. The molecule has 0 fully saturated rings. The monoisotopic (exact) mass is 382 g/mol. The van der Waals surface area contributed by atoms with Crippen molar-refractivity contribution in [3.63, 3.8) is 0 Å². The number of nitrogens with one attached hydrogen (secondary N) is 2. The summed E-state index contributed by atoms with van der Waals surface area (Å²) in [5.74, 6) is 0.00188. The van der Waals surface area contributed by atoms with Crippen LogP contribution in [0, 0.1) is 0 Å². The van der Waals surface area contributed by atoms with Crippen molar-refractivity contribution >= 4 is 45.6 Å². The SMILES string of the molecule is CCC(=O)Nc1ccc(Cl)c(NC(=O)c2cc3ccccc3cc2OC)c1. The predicted molar refractivity (Wildman–Crippen MR) is 109 cm³/mol. The molecule has 2 N–H and O–H groups in total. The molecular weight excluding hydrogens is 364 g/mol. The topological polar surface area (TPSA) is 67.4 Å². The van der Waals surface area contributed by atoms with E-state index in [1.54, 1.807) is 31.2 Å². The lowest BCUT2D eigenvalue weighted by molar-refractivity contribution is -0.115. The molecule has 0 heterocycles. The fraction of sp³-hybridized carbons (Fsp3) is 0.143. The maximum absolute atomic E-state index is 12.8. The number of amides is 2. The Morgan fingerprint density at radius 1 is 1.00 bits per heavy atom. The molecule has 0 radical (unpaired) electrons. The molecule has 0 saturated heterocycles. The molecule has 6 heteroatoms. The van der Waals surface area contributed by atoms with E-state index in [-0.39, 0.29) is 11.8 Å². The fourth-order valence-corrected chi connectivity index (χ4v) is 2.87. The summed E-state index contributed by atoms with van der Waals surface area (Å²) in [7, 11) is 1.52. The summed E-state index contributed by atoms with van der Waals surface area (Å²) >= 11 is 6.21. The first-order valence-corrected chi connectivity index (χ1v) is 8.87. The van der Waals surface area contributed by atoms with Gasteiger partial charge in [0.1, 0.15) is 5.75 Å². The molecule has 138 valence electrons. The Morgan fingerprint density at radius 3 is 2.37 bits per heavy atom. The highest BCUT2D eigenvalue weighted by Crippen LogP contribution is 2.29. The summed E-state index contributed by atoms with van der Waals surface area (Å²) < 4.78 is 5.38. The van der Waals surface area contributed by atoms with Crippen molar-refractivity contribution in [2.24, 2.45) is 0 Å². The van der Waals surface area contributed by atoms with Crippen molar-refractivity contribution < 1.29 is 14.3 Å². The molecule has 0 spiro atoms. The fourth-order valence-electron chi connectivity index (χ4n) is 2.70. The van der Waals surface area contributed by atoms with Gasteiger partial charge in [-0.3, -0.25) is 9.59 Å². The Labute approximate surface area is 162 Å². The molecule has 3 rings (SSSR count). The number of anilines is 2. The van der Waals surface area contributed by atoms with Crippen LogP contribution in [0.2, 0.25) is 5.02 Å². The van der Waals surface area contributed by atoms with Gasteiger partial charge in [0.15, 0.2) is 0 Å². The van der Waals surface area contributed by atoms with Gasteiger partial charge < -0.3 is 15.4 Å². The van der Waals surface area contributed by atoms with Crippen LogP contribution in [0.1, 0.15) is 23.7 Å². The molecule has 27 heavy (non-hydrogen) atoms. The Bertz CT molecular complexity index is 1020. The Kier molecular flexibility index (Phi) is 5.62. The van der Waals surface area contributed by atoms with Crippen molar-refractivity contribution in [1.29, 1.82) is 0 Å². The maximum atomic E-state index is 12.8. The van der Waals surface area contributed by atoms with Crippen LogP contribution in [0.3, 0.4) is 0 Å². The quantitative estimate of drug-likeness (QED) is 0.644. The van der Waals surface area contributed by atoms with E-state index in [2.05, 4.69) is 10.6 Å². The first-order chi connectivity index (χ1) is 13.0. The Morgan fingerprint density at radius 2 is 1.70 bits per heavy atom. The average Bonchev–Trinajstić information content (AvgIpc) is 2.69. The minimum absolute atomic E-state index is 0.120. The average molecular weight is 383 g/mol. The molecule has 0 aliphatic heterocycles. The van der Waals surface area contributed by atoms with Crippen LogP contribution in [-0.4, -0.2) is 18.9 Å². The molecule has 0 aromatic heterocycles. The molecule has 5 nitrogen and oxygen atoms in total. The number of hydrogen-bond donors (Lipinski definition) is 2. The molecule has 2 amide bonds. The third kappa shape index (κ3) is 4.20. The summed E-state index contributed by atoms with van der Waals surface area (Å²) in [6.07, 6.45) is 0.360. The molecular formula is C21H19ClN2O3. The van der Waals surface area contributed by atoms with Crippen LogP contribution < -0.4 is 15.4 Å². The number of benzene rings is 3. The number of ether oxygens (including phenoxy) is 1. The lowest BCUT2D eigenvalue weighted by Gasteiger charge is -2.13. The molecule has 0 aliphatic carbocycles. The highest BCUT2D eigenvalue weighted by Gasteiger charge is 2.15. The number of carbonyl (C=O) groups excluding carboxylic acids is 2. The molecule has 0 bridgehead atoms. The maximum Gasteiger partial charge on any atom is 0.259 e. The van der Waals surface area contributed by atoms with Crippen LogP contribution in [0.15, 0.2) is 54.6 Å².